The first kappa shape index (κ1) is 15.1. The van der Waals surface area contributed by atoms with Crippen LogP contribution in [0.1, 0.15) is 12.5 Å². The van der Waals surface area contributed by atoms with Crippen molar-refractivity contribution in [3.63, 3.8) is 0 Å². The highest BCUT2D eigenvalue weighted by Gasteiger charge is 2.29. The molecule has 1 aromatic carbocycles. The first-order valence-electron chi connectivity index (χ1n) is 6.75. The van der Waals surface area contributed by atoms with E-state index in [2.05, 4.69) is 10.2 Å². The number of nitrogens with one attached hydrogen (secondary N) is 1. The van der Waals surface area contributed by atoms with Gasteiger partial charge in [0.2, 0.25) is 5.91 Å². The molecule has 1 amide bonds. The third-order valence-corrected chi connectivity index (χ3v) is 3.61. The van der Waals surface area contributed by atoms with Crippen LogP contribution >= 0.6 is 11.6 Å². The summed E-state index contributed by atoms with van der Waals surface area (Å²) in [5.74, 6) is -0.000245. The number of hydrogen-bond acceptors (Lipinski definition) is 4. The number of rotatable bonds is 4. The fourth-order valence-electron chi connectivity index (χ4n) is 2.29. The first-order valence-corrected chi connectivity index (χ1v) is 7.13. The number of halogens is 1. The molecule has 6 heteroatoms. The first-order chi connectivity index (χ1) is 9.61. The number of morpholine rings is 1. The summed E-state index contributed by atoms with van der Waals surface area (Å²) < 4.78 is 5.41. The number of amides is 1. The molecule has 1 saturated heterocycles. The third kappa shape index (κ3) is 3.62. The van der Waals surface area contributed by atoms with Crippen LogP contribution in [-0.2, 0) is 16.1 Å². The number of anilines is 1. The maximum atomic E-state index is 12.1. The third-order valence-electron chi connectivity index (χ3n) is 3.37. The van der Waals surface area contributed by atoms with Crippen LogP contribution < -0.4 is 11.1 Å². The van der Waals surface area contributed by atoms with Crippen LogP contribution in [0.4, 0.5) is 5.69 Å². The molecule has 110 valence electrons. The quantitative estimate of drug-likeness (QED) is 0.821. The van der Waals surface area contributed by atoms with Crippen molar-refractivity contribution >= 4 is 23.2 Å². The number of nitrogens with two attached hydrogens (primary N) is 1. The molecule has 0 bridgehead atoms. The van der Waals surface area contributed by atoms with Crippen molar-refractivity contribution in [3.8, 4) is 0 Å². The molecule has 5 nitrogen and oxygen atoms in total. The van der Waals surface area contributed by atoms with Crippen LogP contribution in [0, 0.1) is 0 Å². The molecule has 1 atom stereocenters. The lowest BCUT2D eigenvalue weighted by molar-refractivity contribution is -0.132. The Labute approximate surface area is 124 Å². The molecule has 1 aromatic rings. The molecule has 0 spiro atoms. The fourth-order valence-corrected chi connectivity index (χ4v) is 2.47. The lowest BCUT2D eigenvalue weighted by Crippen LogP contribution is -2.53. The van der Waals surface area contributed by atoms with Crippen molar-refractivity contribution in [3.05, 3.63) is 28.8 Å². The van der Waals surface area contributed by atoms with E-state index in [-0.39, 0.29) is 11.9 Å². The van der Waals surface area contributed by atoms with E-state index in [0.717, 1.165) is 5.56 Å². The van der Waals surface area contributed by atoms with E-state index in [1.807, 2.05) is 19.1 Å². The Balaban J connectivity index is 2.10. The van der Waals surface area contributed by atoms with Gasteiger partial charge in [0.15, 0.2) is 0 Å². The van der Waals surface area contributed by atoms with Crippen LogP contribution in [0.2, 0.25) is 5.02 Å². The zero-order valence-corrected chi connectivity index (χ0v) is 12.3. The van der Waals surface area contributed by atoms with Gasteiger partial charge >= 0.3 is 0 Å². The number of nitrogen functional groups attached to an aromatic ring is 1. The van der Waals surface area contributed by atoms with Gasteiger partial charge in [-0.2, -0.15) is 0 Å². The molecule has 3 N–H and O–H groups in total. The number of ether oxygens (including phenoxy) is 1. The highest BCUT2D eigenvalue weighted by molar-refractivity contribution is 6.30. The normalized spacial score (nSPS) is 19.8. The second kappa shape index (κ2) is 6.92. The number of benzene rings is 1. The number of carbonyl (C=O) groups is 1. The molecule has 1 unspecified atom stereocenters. The Morgan fingerprint density at radius 3 is 3.10 bits per heavy atom. The van der Waals surface area contributed by atoms with E-state index in [9.17, 15) is 4.79 Å². The predicted octanol–water partition coefficient (Wildman–Crippen LogP) is 1.26. The Bertz CT molecular complexity index is 481. The molecule has 0 saturated carbocycles. The summed E-state index contributed by atoms with van der Waals surface area (Å²) >= 11 is 5.90. The highest BCUT2D eigenvalue weighted by Crippen LogP contribution is 2.21. The van der Waals surface area contributed by atoms with Gasteiger partial charge in [0.05, 0.1) is 13.2 Å². The maximum absolute atomic E-state index is 12.1. The molecule has 20 heavy (non-hydrogen) atoms. The van der Waals surface area contributed by atoms with Crippen LogP contribution in [0.15, 0.2) is 18.2 Å². The predicted molar refractivity (Wildman–Crippen MR) is 79.6 cm³/mol. The van der Waals surface area contributed by atoms with Crippen molar-refractivity contribution in [2.75, 3.05) is 32.0 Å². The number of hydrogen-bond donors (Lipinski definition) is 2. The van der Waals surface area contributed by atoms with E-state index in [1.165, 1.54) is 0 Å². The van der Waals surface area contributed by atoms with Gasteiger partial charge < -0.3 is 15.8 Å². The fraction of sp³-hybridized carbons (Fsp3) is 0.500. The largest absolute Gasteiger partial charge is 0.398 e. The van der Waals surface area contributed by atoms with E-state index in [0.29, 0.717) is 43.6 Å². The molecule has 0 radical (unpaired) electrons. The standard InChI is InChI=1S/C14H20ClN3O2/c1-2-17-14(19)13-9-20-6-5-18(13)8-10-3-4-11(15)7-12(10)16/h3-4,7,13H,2,5-6,8-9,16H2,1H3,(H,17,19). The van der Waals surface area contributed by atoms with Gasteiger partial charge in [-0.05, 0) is 24.6 Å². The highest BCUT2D eigenvalue weighted by atomic mass is 35.5. The van der Waals surface area contributed by atoms with Crippen LogP contribution in [-0.4, -0.2) is 43.2 Å². The van der Waals surface area contributed by atoms with Crippen molar-refractivity contribution < 1.29 is 9.53 Å². The van der Waals surface area contributed by atoms with Gasteiger partial charge in [0.1, 0.15) is 6.04 Å². The zero-order chi connectivity index (χ0) is 14.5. The topological polar surface area (TPSA) is 67.6 Å². The van der Waals surface area contributed by atoms with E-state index >= 15 is 0 Å². The lowest BCUT2D eigenvalue weighted by atomic mass is 10.1. The van der Waals surface area contributed by atoms with Crippen molar-refractivity contribution in [2.45, 2.75) is 19.5 Å². The Morgan fingerprint density at radius 2 is 2.40 bits per heavy atom. The minimum Gasteiger partial charge on any atom is -0.398 e. The summed E-state index contributed by atoms with van der Waals surface area (Å²) in [6.45, 7) is 4.90. The zero-order valence-electron chi connectivity index (χ0n) is 11.6. The smallest absolute Gasteiger partial charge is 0.239 e. The van der Waals surface area contributed by atoms with Gasteiger partial charge in [0.25, 0.3) is 0 Å². The lowest BCUT2D eigenvalue weighted by Gasteiger charge is -2.34. The molecule has 2 rings (SSSR count). The summed E-state index contributed by atoms with van der Waals surface area (Å²) in [7, 11) is 0. The molecule has 0 aromatic heterocycles. The maximum Gasteiger partial charge on any atom is 0.239 e. The Kier molecular flexibility index (Phi) is 5.23. The second-order valence-electron chi connectivity index (χ2n) is 4.80. The molecular formula is C14H20ClN3O2. The van der Waals surface area contributed by atoms with Crippen LogP contribution in [0.5, 0.6) is 0 Å². The number of carbonyl (C=O) groups excluding carboxylic acids is 1. The van der Waals surface area contributed by atoms with Crippen LogP contribution in [0.25, 0.3) is 0 Å². The van der Waals surface area contributed by atoms with E-state index < -0.39 is 0 Å². The van der Waals surface area contributed by atoms with Gasteiger partial charge in [-0.15, -0.1) is 0 Å². The summed E-state index contributed by atoms with van der Waals surface area (Å²) in [6.07, 6.45) is 0. The van der Waals surface area contributed by atoms with Gasteiger partial charge in [-0.3, -0.25) is 9.69 Å². The van der Waals surface area contributed by atoms with Gasteiger partial charge in [-0.25, -0.2) is 0 Å². The van der Waals surface area contributed by atoms with Crippen LogP contribution in [0.3, 0.4) is 0 Å². The molecular weight excluding hydrogens is 278 g/mol. The van der Waals surface area contributed by atoms with E-state index in [4.69, 9.17) is 22.1 Å². The van der Waals surface area contributed by atoms with Crippen molar-refractivity contribution in [1.29, 1.82) is 0 Å². The Morgan fingerprint density at radius 1 is 1.60 bits per heavy atom. The summed E-state index contributed by atoms with van der Waals surface area (Å²) in [5.41, 5.74) is 7.60. The van der Waals surface area contributed by atoms with Crippen molar-refractivity contribution in [1.82, 2.24) is 10.2 Å². The molecule has 1 aliphatic heterocycles. The van der Waals surface area contributed by atoms with Crippen molar-refractivity contribution in [2.24, 2.45) is 0 Å². The summed E-state index contributed by atoms with van der Waals surface area (Å²) in [4.78, 5) is 14.1. The average molecular weight is 298 g/mol. The van der Waals surface area contributed by atoms with Gasteiger partial charge in [-0.1, -0.05) is 17.7 Å². The second-order valence-corrected chi connectivity index (χ2v) is 5.24. The minimum atomic E-state index is -0.265. The monoisotopic (exact) mass is 297 g/mol. The molecule has 1 fully saturated rings. The number of likely N-dealkylation sites (N-methyl/N-ethyl adjacent to an activating group) is 1. The molecule has 1 heterocycles. The summed E-state index contributed by atoms with van der Waals surface area (Å²) in [6, 6.07) is 5.19. The SMILES string of the molecule is CCNC(=O)C1COCCN1Cc1ccc(Cl)cc1N. The van der Waals surface area contributed by atoms with E-state index in [1.54, 1.807) is 6.07 Å². The van der Waals surface area contributed by atoms with Gasteiger partial charge in [0, 0.05) is 30.3 Å². The summed E-state index contributed by atoms with van der Waals surface area (Å²) in [5, 5.41) is 3.46. The molecule has 0 aliphatic carbocycles. The number of nitrogens with zero attached hydrogens (tertiary/aromatic N) is 1. The Hall–Kier alpha value is -1.30. The minimum absolute atomic E-state index is 0.000245. The molecule has 1 aliphatic rings. The average Bonchev–Trinajstić information content (AvgIpc) is 2.43.